The topological polar surface area (TPSA) is 79.7 Å². The van der Waals surface area contributed by atoms with Gasteiger partial charge in [0, 0.05) is 24.5 Å². The Balaban J connectivity index is 1.25. The molecule has 0 amide bonds. The van der Waals surface area contributed by atoms with Crippen LogP contribution in [0, 0.1) is 5.92 Å². The van der Waals surface area contributed by atoms with E-state index in [-0.39, 0.29) is 5.56 Å². The third kappa shape index (κ3) is 5.75. The molecular weight excluding hydrogens is 520 g/mol. The molecule has 1 aliphatic carbocycles. The van der Waals surface area contributed by atoms with Crippen molar-refractivity contribution in [1.82, 2.24) is 29.4 Å². The average molecular weight is 561 g/mol. The number of aromatic amines is 1. The van der Waals surface area contributed by atoms with Crippen LogP contribution in [0.15, 0.2) is 65.7 Å². The smallest absolute Gasteiger partial charge is 0.270 e. The van der Waals surface area contributed by atoms with E-state index in [4.69, 9.17) is 9.97 Å². The highest BCUT2D eigenvalue weighted by atomic mass is 16.1. The van der Waals surface area contributed by atoms with Gasteiger partial charge in [0.2, 0.25) is 0 Å². The Morgan fingerprint density at radius 2 is 1.48 bits per heavy atom. The van der Waals surface area contributed by atoms with Crippen molar-refractivity contribution in [3.63, 3.8) is 0 Å². The summed E-state index contributed by atoms with van der Waals surface area (Å²) in [5.41, 5.74) is 7.61. The highest BCUT2D eigenvalue weighted by Gasteiger charge is 2.19. The lowest BCUT2D eigenvalue weighted by molar-refractivity contribution is 0.223. The van der Waals surface area contributed by atoms with Crippen molar-refractivity contribution in [2.45, 2.75) is 70.8 Å². The van der Waals surface area contributed by atoms with E-state index >= 15 is 0 Å². The van der Waals surface area contributed by atoms with Crippen LogP contribution >= 0.6 is 0 Å². The number of pyridine rings is 1. The van der Waals surface area contributed by atoms with Crippen LogP contribution in [0.2, 0.25) is 0 Å². The average Bonchev–Trinajstić information content (AvgIpc) is 3.39. The molecular formula is C35H40N6O. The van der Waals surface area contributed by atoms with Gasteiger partial charge in [-0.15, -0.1) is 0 Å². The van der Waals surface area contributed by atoms with E-state index < -0.39 is 0 Å². The minimum Gasteiger partial charge on any atom is -0.324 e. The van der Waals surface area contributed by atoms with Crippen LogP contribution in [0.3, 0.4) is 0 Å². The molecule has 7 heteroatoms. The quantitative estimate of drug-likeness (QED) is 0.221. The Bertz CT molecular complexity index is 1710. The lowest BCUT2D eigenvalue weighted by atomic mass is 9.86. The molecule has 2 aromatic carbocycles. The zero-order valence-electron chi connectivity index (χ0n) is 24.4. The van der Waals surface area contributed by atoms with Crippen molar-refractivity contribution in [2.75, 3.05) is 19.6 Å². The third-order valence-electron chi connectivity index (χ3n) is 9.30. The predicted octanol–water partition coefficient (Wildman–Crippen LogP) is 7.00. The van der Waals surface area contributed by atoms with Gasteiger partial charge in [-0.25, -0.2) is 9.97 Å². The number of nitrogens with zero attached hydrogens (tertiary/aromatic N) is 5. The van der Waals surface area contributed by atoms with Gasteiger partial charge in [-0.1, -0.05) is 62.8 Å². The third-order valence-corrected chi connectivity index (χ3v) is 9.30. The molecule has 1 saturated heterocycles. The van der Waals surface area contributed by atoms with Gasteiger partial charge in [-0.05, 0) is 86.6 Å². The van der Waals surface area contributed by atoms with Crippen molar-refractivity contribution in [1.29, 1.82) is 0 Å². The number of piperidine rings is 1. The van der Waals surface area contributed by atoms with Gasteiger partial charge in [0.1, 0.15) is 11.5 Å². The molecule has 7 nitrogen and oxygen atoms in total. The predicted molar refractivity (Wildman–Crippen MR) is 170 cm³/mol. The van der Waals surface area contributed by atoms with E-state index in [1.165, 1.54) is 64.5 Å². The molecule has 0 radical (unpaired) electrons. The fourth-order valence-corrected chi connectivity index (χ4v) is 6.98. The van der Waals surface area contributed by atoms with Gasteiger partial charge in [0.05, 0.1) is 22.1 Å². The van der Waals surface area contributed by atoms with Crippen LogP contribution in [-0.2, 0) is 13.0 Å². The molecule has 0 bridgehead atoms. The van der Waals surface area contributed by atoms with Gasteiger partial charge >= 0.3 is 0 Å². The molecule has 216 valence electrons. The molecule has 3 aromatic heterocycles. The number of rotatable bonds is 8. The lowest BCUT2D eigenvalue weighted by Crippen LogP contribution is -2.31. The van der Waals surface area contributed by atoms with Crippen LogP contribution in [0.5, 0.6) is 0 Å². The zero-order valence-corrected chi connectivity index (χ0v) is 24.4. The van der Waals surface area contributed by atoms with Gasteiger partial charge in [0.25, 0.3) is 5.56 Å². The van der Waals surface area contributed by atoms with Crippen LogP contribution in [0.1, 0.15) is 63.5 Å². The second kappa shape index (κ2) is 12.2. The Morgan fingerprint density at radius 3 is 2.26 bits per heavy atom. The minimum absolute atomic E-state index is 0.0553. The second-order valence-corrected chi connectivity index (χ2v) is 12.2. The summed E-state index contributed by atoms with van der Waals surface area (Å²) in [5, 5.41) is 0. The van der Waals surface area contributed by atoms with Gasteiger partial charge in [-0.3, -0.25) is 9.78 Å². The van der Waals surface area contributed by atoms with Gasteiger partial charge in [0.15, 0.2) is 0 Å². The summed E-state index contributed by atoms with van der Waals surface area (Å²) in [6, 6.07) is 16.9. The lowest BCUT2D eigenvalue weighted by Gasteiger charge is -2.26. The van der Waals surface area contributed by atoms with E-state index in [9.17, 15) is 4.79 Å². The molecule has 42 heavy (non-hydrogen) atoms. The molecule has 1 aliphatic heterocycles. The summed E-state index contributed by atoms with van der Waals surface area (Å²) < 4.78 is 2.37. The number of hydrogen-bond donors (Lipinski definition) is 1. The zero-order chi connectivity index (χ0) is 28.3. The number of imidazole rings is 1. The number of fused-ring (bicyclic) bond motifs is 2. The van der Waals surface area contributed by atoms with E-state index in [1.807, 2.05) is 30.6 Å². The largest absolute Gasteiger partial charge is 0.324 e. The fraction of sp³-hybridized carbons (Fsp3) is 0.429. The first-order valence-electron chi connectivity index (χ1n) is 15.9. The van der Waals surface area contributed by atoms with E-state index in [0.717, 1.165) is 70.5 Å². The SMILES string of the molecule is O=c1[nH]c2cc3nc(-c4ccc(-c5ccncc5)cc4)n(CCCN4CCCCC4)c3cc2nc1CC1CCCCC1. The molecule has 0 spiro atoms. The summed E-state index contributed by atoms with van der Waals surface area (Å²) in [7, 11) is 0. The van der Waals surface area contributed by atoms with Crippen molar-refractivity contribution in [2.24, 2.45) is 5.92 Å². The number of aromatic nitrogens is 5. The summed E-state index contributed by atoms with van der Waals surface area (Å²) in [6.07, 6.45) is 15.7. The van der Waals surface area contributed by atoms with Crippen LogP contribution < -0.4 is 5.56 Å². The number of H-pyrrole nitrogens is 1. The highest BCUT2D eigenvalue weighted by molar-refractivity contribution is 5.93. The monoisotopic (exact) mass is 560 g/mol. The van der Waals surface area contributed by atoms with Crippen molar-refractivity contribution < 1.29 is 0 Å². The number of aryl methyl sites for hydroxylation is 1. The second-order valence-electron chi connectivity index (χ2n) is 12.2. The summed E-state index contributed by atoms with van der Waals surface area (Å²) in [5.74, 6) is 1.53. The number of likely N-dealkylation sites (tertiary alicyclic amines) is 1. The van der Waals surface area contributed by atoms with Crippen LogP contribution in [0.25, 0.3) is 44.6 Å². The van der Waals surface area contributed by atoms with Crippen LogP contribution in [0.4, 0.5) is 0 Å². The number of nitrogens with one attached hydrogen (secondary N) is 1. The Morgan fingerprint density at radius 1 is 0.762 bits per heavy atom. The standard InChI is InChI=1S/C35H40N6O/c42-35-32(22-25-8-3-1-4-9-25)37-30-24-33-31(23-29(30)39-35)38-34(41(33)21-7-20-40-18-5-2-6-19-40)28-12-10-26(11-13-28)27-14-16-36-17-15-27/h10-17,23-25H,1-9,18-22H2,(H,39,42). The maximum absolute atomic E-state index is 13.0. The molecule has 2 aliphatic rings. The van der Waals surface area contributed by atoms with Gasteiger partial charge in [-0.2, -0.15) is 0 Å². The molecule has 7 rings (SSSR count). The molecule has 5 aromatic rings. The Hall–Kier alpha value is -3.84. The van der Waals surface area contributed by atoms with Gasteiger partial charge < -0.3 is 14.5 Å². The summed E-state index contributed by atoms with van der Waals surface area (Å²) in [4.78, 5) is 33.0. The Labute approximate surface area is 247 Å². The van der Waals surface area contributed by atoms with E-state index in [0.29, 0.717) is 11.6 Å². The maximum Gasteiger partial charge on any atom is 0.270 e. The van der Waals surface area contributed by atoms with E-state index in [1.54, 1.807) is 0 Å². The van der Waals surface area contributed by atoms with Crippen molar-refractivity contribution in [3.05, 3.63) is 77.0 Å². The number of hydrogen-bond acceptors (Lipinski definition) is 5. The molecule has 1 saturated carbocycles. The Kier molecular flexibility index (Phi) is 7.84. The van der Waals surface area contributed by atoms with E-state index in [2.05, 4.69) is 49.8 Å². The normalized spacial score (nSPS) is 16.9. The summed E-state index contributed by atoms with van der Waals surface area (Å²) in [6.45, 7) is 4.41. The van der Waals surface area contributed by atoms with Crippen molar-refractivity contribution >= 4 is 22.1 Å². The summed E-state index contributed by atoms with van der Waals surface area (Å²) >= 11 is 0. The molecule has 2 fully saturated rings. The molecule has 1 N–H and O–H groups in total. The van der Waals surface area contributed by atoms with Crippen molar-refractivity contribution in [3.8, 4) is 22.5 Å². The molecule has 0 unspecified atom stereocenters. The molecule has 0 atom stereocenters. The first-order chi connectivity index (χ1) is 20.7. The number of benzene rings is 2. The fourth-order valence-electron chi connectivity index (χ4n) is 6.98. The minimum atomic E-state index is -0.0553. The molecule has 4 heterocycles. The first kappa shape index (κ1) is 27.0. The van der Waals surface area contributed by atoms with Crippen LogP contribution in [-0.4, -0.2) is 49.0 Å². The maximum atomic E-state index is 13.0. The highest BCUT2D eigenvalue weighted by Crippen LogP contribution is 2.30. The first-order valence-corrected chi connectivity index (χ1v) is 15.9.